The van der Waals surface area contributed by atoms with Gasteiger partial charge in [0, 0.05) is 34.4 Å². The minimum absolute atomic E-state index is 0.121. The van der Waals surface area contributed by atoms with E-state index in [4.69, 9.17) is 10.5 Å². The predicted molar refractivity (Wildman–Crippen MR) is 80.3 cm³/mol. The maximum Gasteiger partial charge on any atom is 0.123 e. The topological polar surface area (TPSA) is 48.1 Å². The Hall–Kier alpha value is -1.39. The summed E-state index contributed by atoms with van der Waals surface area (Å²) in [6.07, 6.45) is 2.47. The first kappa shape index (κ1) is 14.0. The lowest BCUT2D eigenvalue weighted by Crippen LogP contribution is -2.15. The molecule has 100 valence electrons. The van der Waals surface area contributed by atoms with Crippen LogP contribution in [0, 0.1) is 6.92 Å². The number of nitrogens with two attached hydrogens (primary N) is 1. The Balaban J connectivity index is 2.19. The van der Waals surface area contributed by atoms with Crippen molar-refractivity contribution in [3.63, 3.8) is 0 Å². The second-order valence-corrected chi connectivity index (χ2v) is 5.44. The van der Waals surface area contributed by atoms with E-state index in [9.17, 15) is 0 Å². The summed E-state index contributed by atoms with van der Waals surface area (Å²) in [6, 6.07) is 9.91. The van der Waals surface area contributed by atoms with Gasteiger partial charge in [0.2, 0.25) is 0 Å². The molecule has 0 bridgehead atoms. The van der Waals surface area contributed by atoms with Crippen molar-refractivity contribution in [2.45, 2.75) is 19.4 Å². The van der Waals surface area contributed by atoms with E-state index in [2.05, 4.69) is 20.9 Å². The second-order valence-electron chi connectivity index (χ2n) is 4.52. The molecule has 1 heterocycles. The Morgan fingerprint density at radius 3 is 2.74 bits per heavy atom. The van der Waals surface area contributed by atoms with E-state index in [1.165, 1.54) is 0 Å². The Bertz CT molecular complexity index is 555. The van der Waals surface area contributed by atoms with Crippen LogP contribution in [0.2, 0.25) is 0 Å². The van der Waals surface area contributed by atoms with Crippen LogP contribution < -0.4 is 10.5 Å². The maximum absolute atomic E-state index is 6.26. The van der Waals surface area contributed by atoms with Crippen molar-refractivity contribution in [2.24, 2.45) is 5.73 Å². The predicted octanol–water partition coefficient (Wildman–Crippen LogP) is 3.40. The molecule has 0 amide bonds. The highest BCUT2D eigenvalue weighted by Crippen LogP contribution is 2.27. The molecule has 0 aliphatic heterocycles. The maximum atomic E-state index is 6.26. The Morgan fingerprint density at radius 2 is 2.11 bits per heavy atom. The summed E-state index contributed by atoms with van der Waals surface area (Å²) in [5, 5.41) is 0. The standard InChI is InChI=1S/C15H17BrN2O/c1-10-3-6-13(15(7-10)19-2)14(17)8-12-5-4-11(16)9-18-12/h3-7,9,14H,8,17H2,1-2H3. The number of methoxy groups -OCH3 is 1. The zero-order valence-corrected chi connectivity index (χ0v) is 12.6. The third-order valence-corrected chi connectivity index (χ3v) is 3.48. The zero-order chi connectivity index (χ0) is 13.8. The van der Waals surface area contributed by atoms with Crippen LogP contribution in [0.15, 0.2) is 41.0 Å². The molecule has 19 heavy (non-hydrogen) atoms. The summed E-state index contributed by atoms with van der Waals surface area (Å²) in [6.45, 7) is 2.04. The highest BCUT2D eigenvalue weighted by Gasteiger charge is 2.13. The second kappa shape index (κ2) is 6.17. The van der Waals surface area contributed by atoms with Gasteiger partial charge in [0.1, 0.15) is 5.75 Å². The van der Waals surface area contributed by atoms with Crippen molar-refractivity contribution in [3.05, 3.63) is 57.8 Å². The number of hydrogen-bond donors (Lipinski definition) is 1. The number of rotatable bonds is 4. The van der Waals surface area contributed by atoms with Crippen molar-refractivity contribution in [1.82, 2.24) is 4.98 Å². The minimum atomic E-state index is -0.121. The lowest BCUT2D eigenvalue weighted by molar-refractivity contribution is 0.405. The van der Waals surface area contributed by atoms with Gasteiger partial charge in [-0.15, -0.1) is 0 Å². The number of pyridine rings is 1. The van der Waals surface area contributed by atoms with Crippen molar-refractivity contribution in [3.8, 4) is 5.75 Å². The van der Waals surface area contributed by atoms with Gasteiger partial charge in [0.05, 0.1) is 7.11 Å². The fraction of sp³-hybridized carbons (Fsp3) is 0.267. The SMILES string of the molecule is COc1cc(C)ccc1C(N)Cc1ccc(Br)cn1. The molecule has 0 spiro atoms. The van der Waals surface area contributed by atoms with Gasteiger partial charge in [-0.05, 0) is 46.6 Å². The van der Waals surface area contributed by atoms with Crippen LogP contribution in [-0.4, -0.2) is 12.1 Å². The van der Waals surface area contributed by atoms with Crippen LogP contribution in [0.3, 0.4) is 0 Å². The summed E-state index contributed by atoms with van der Waals surface area (Å²) >= 11 is 3.37. The van der Waals surface area contributed by atoms with Gasteiger partial charge in [-0.3, -0.25) is 4.98 Å². The quantitative estimate of drug-likeness (QED) is 0.939. The van der Waals surface area contributed by atoms with Gasteiger partial charge in [-0.1, -0.05) is 12.1 Å². The number of hydrogen-bond acceptors (Lipinski definition) is 3. The van der Waals surface area contributed by atoms with Crippen molar-refractivity contribution in [2.75, 3.05) is 7.11 Å². The van der Waals surface area contributed by atoms with Crippen LogP contribution in [0.5, 0.6) is 5.75 Å². The van der Waals surface area contributed by atoms with Gasteiger partial charge in [0.15, 0.2) is 0 Å². The molecule has 4 heteroatoms. The average Bonchev–Trinajstić information content (AvgIpc) is 2.41. The molecular formula is C15H17BrN2O. The Labute approximate surface area is 121 Å². The number of benzene rings is 1. The van der Waals surface area contributed by atoms with Gasteiger partial charge in [0.25, 0.3) is 0 Å². The van der Waals surface area contributed by atoms with Crippen LogP contribution in [0.4, 0.5) is 0 Å². The van der Waals surface area contributed by atoms with E-state index in [1.807, 2.05) is 37.3 Å². The molecule has 2 aromatic rings. The normalized spacial score (nSPS) is 12.2. The fourth-order valence-corrected chi connectivity index (χ4v) is 2.22. The van der Waals surface area contributed by atoms with Crippen molar-refractivity contribution in [1.29, 1.82) is 0 Å². The van der Waals surface area contributed by atoms with Crippen LogP contribution >= 0.6 is 15.9 Å². The molecule has 0 radical (unpaired) electrons. The number of ether oxygens (including phenoxy) is 1. The first-order valence-corrected chi connectivity index (χ1v) is 6.90. The number of aromatic nitrogens is 1. The zero-order valence-electron chi connectivity index (χ0n) is 11.1. The van der Waals surface area contributed by atoms with E-state index >= 15 is 0 Å². The Kier molecular flexibility index (Phi) is 4.56. The third-order valence-electron chi connectivity index (χ3n) is 3.01. The first-order valence-electron chi connectivity index (χ1n) is 6.10. The molecule has 1 unspecified atom stereocenters. The molecule has 0 aliphatic rings. The molecule has 1 atom stereocenters. The van der Waals surface area contributed by atoms with Crippen molar-refractivity contribution < 1.29 is 4.74 Å². The monoisotopic (exact) mass is 320 g/mol. The summed E-state index contributed by atoms with van der Waals surface area (Å²) < 4.78 is 6.37. The summed E-state index contributed by atoms with van der Waals surface area (Å²) in [5.74, 6) is 0.838. The highest BCUT2D eigenvalue weighted by atomic mass is 79.9. The highest BCUT2D eigenvalue weighted by molar-refractivity contribution is 9.10. The number of aryl methyl sites for hydroxylation is 1. The lowest BCUT2D eigenvalue weighted by atomic mass is 10.00. The van der Waals surface area contributed by atoms with Crippen LogP contribution in [0.1, 0.15) is 22.9 Å². The molecule has 2 N–H and O–H groups in total. The molecule has 0 saturated heterocycles. The van der Waals surface area contributed by atoms with E-state index in [-0.39, 0.29) is 6.04 Å². The van der Waals surface area contributed by atoms with Gasteiger partial charge >= 0.3 is 0 Å². The molecule has 3 nitrogen and oxygen atoms in total. The molecule has 0 saturated carbocycles. The molecule has 0 aliphatic carbocycles. The Morgan fingerprint density at radius 1 is 1.32 bits per heavy atom. The largest absolute Gasteiger partial charge is 0.496 e. The molecule has 1 aromatic carbocycles. The van der Waals surface area contributed by atoms with Crippen molar-refractivity contribution >= 4 is 15.9 Å². The van der Waals surface area contributed by atoms with E-state index < -0.39 is 0 Å². The average molecular weight is 321 g/mol. The van der Waals surface area contributed by atoms with Crippen LogP contribution in [0.25, 0.3) is 0 Å². The summed E-state index contributed by atoms with van der Waals surface area (Å²) in [7, 11) is 1.67. The number of nitrogens with zero attached hydrogens (tertiary/aromatic N) is 1. The van der Waals surface area contributed by atoms with Gasteiger partial charge in [-0.2, -0.15) is 0 Å². The summed E-state index contributed by atoms with van der Waals surface area (Å²) in [5.41, 5.74) is 9.40. The minimum Gasteiger partial charge on any atom is -0.496 e. The van der Waals surface area contributed by atoms with Crippen LogP contribution in [-0.2, 0) is 6.42 Å². The van der Waals surface area contributed by atoms with E-state index in [0.29, 0.717) is 6.42 Å². The molecule has 1 aromatic heterocycles. The van der Waals surface area contributed by atoms with E-state index in [0.717, 1.165) is 27.0 Å². The smallest absolute Gasteiger partial charge is 0.123 e. The number of halogens is 1. The molecule has 0 fully saturated rings. The summed E-state index contributed by atoms with van der Waals surface area (Å²) in [4.78, 5) is 4.35. The first-order chi connectivity index (χ1) is 9.10. The fourth-order valence-electron chi connectivity index (χ4n) is 1.99. The van der Waals surface area contributed by atoms with E-state index in [1.54, 1.807) is 13.3 Å². The lowest BCUT2D eigenvalue weighted by Gasteiger charge is -2.16. The molecular weight excluding hydrogens is 304 g/mol. The third kappa shape index (κ3) is 3.55. The van der Waals surface area contributed by atoms with Gasteiger partial charge < -0.3 is 10.5 Å². The molecule has 2 rings (SSSR count). The van der Waals surface area contributed by atoms with Gasteiger partial charge in [-0.25, -0.2) is 0 Å².